The first kappa shape index (κ1) is 15.3. The van der Waals surface area contributed by atoms with E-state index in [9.17, 15) is 5.11 Å². The van der Waals surface area contributed by atoms with Gasteiger partial charge < -0.3 is 15.3 Å². The molecule has 0 aliphatic carbocycles. The van der Waals surface area contributed by atoms with Crippen LogP contribution in [0, 0.1) is 0 Å². The Hall–Kier alpha value is -1.06. The number of hydrogen-bond acceptors (Lipinski definition) is 3. The second-order valence-corrected chi connectivity index (χ2v) is 6.54. The van der Waals surface area contributed by atoms with Gasteiger partial charge in [-0.1, -0.05) is 26.0 Å². The summed E-state index contributed by atoms with van der Waals surface area (Å²) < 4.78 is 0. The van der Waals surface area contributed by atoms with Crippen LogP contribution < -0.4 is 10.2 Å². The van der Waals surface area contributed by atoms with Crippen molar-refractivity contribution in [3.63, 3.8) is 0 Å². The average molecular weight is 276 g/mol. The molecule has 1 saturated heterocycles. The normalized spacial score (nSPS) is 23.9. The smallest absolute Gasteiger partial charge is 0.0637 e. The summed E-state index contributed by atoms with van der Waals surface area (Å²) in [7, 11) is 0. The minimum atomic E-state index is -0.490. The maximum atomic E-state index is 10.2. The summed E-state index contributed by atoms with van der Waals surface area (Å²) in [5.41, 5.74) is 2.11. The zero-order valence-corrected chi connectivity index (χ0v) is 13.0. The summed E-state index contributed by atoms with van der Waals surface area (Å²) in [4.78, 5) is 2.39. The second-order valence-electron chi connectivity index (χ2n) is 6.54. The van der Waals surface area contributed by atoms with Gasteiger partial charge in [-0.05, 0) is 43.9 Å². The lowest BCUT2D eigenvalue weighted by Gasteiger charge is -2.24. The summed E-state index contributed by atoms with van der Waals surface area (Å²) in [5.74, 6) is 0. The highest BCUT2D eigenvalue weighted by atomic mass is 16.3. The van der Waals surface area contributed by atoms with Crippen LogP contribution in [0.3, 0.4) is 0 Å². The molecule has 0 saturated carbocycles. The average Bonchev–Trinajstić information content (AvgIpc) is 2.58. The van der Waals surface area contributed by atoms with Crippen molar-refractivity contribution in [1.82, 2.24) is 5.32 Å². The Morgan fingerprint density at radius 2 is 1.90 bits per heavy atom. The SMILES string of the molecule is CC(C)NCc1ccc(N2CCCC(C)(O)CC2)cc1. The fourth-order valence-electron chi connectivity index (χ4n) is 2.67. The van der Waals surface area contributed by atoms with E-state index in [0.29, 0.717) is 6.04 Å². The third-order valence-electron chi connectivity index (χ3n) is 4.08. The lowest BCUT2D eigenvalue weighted by Crippen LogP contribution is -2.28. The molecule has 0 aromatic heterocycles. The minimum Gasteiger partial charge on any atom is -0.390 e. The number of anilines is 1. The first-order chi connectivity index (χ1) is 9.46. The van der Waals surface area contributed by atoms with Gasteiger partial charge in [0, 0.05) is 31.4 Å². The van der Waals surface area contributed by atoms with Gasteiger partial charge in [-0.3, -0.25) is 0 Å². The zero-order chi connectivity index (χ0) is 14.6. The third kappa shape index (κ3) is 4.50. The van der Waals surface area contributed by atoms with E-state index >= 15 is 0 Å². The minimum absolute atomic E-state index is 0.490. The number of benzene rings is 1. The van der Waals surface area contributed by atoms with Crippen molar-refractivity contribution >= 4 is 5.69 Å². The highest BCUT2D eigenvalue weighted by Gasteiger charge is 2.24. The molecule has 1 heterocycles. The van der Waals surface area contributed by atoms with Crippen LogP contribution >= 0.6 is 0 Å². The van der Waals surface area contributed by atoms with Crippen LogP contribution in [0.4, 0.5) is 5.69 Å². The standard InChI is InChI=1S/C17H28N2O/c1-14(2)18-13-15-5-7-16(8-6-15)19-11-4-9-17(3,20)10-12-19/h5-8,14,18,20H,4,9-13H2,1-3H3. The van der Waals surface area contributed by atoms with Crippen LogP contribution in [-0.2, 0) is 6.54 Å². The Kier molecular flexibility index (Phi) is 5.06. The van der Waals surface area contributed by atoms with Crippen molar-refractivity contribution < 1.29 is 5.11 Å². The van der Waals surface area contributed by atoms with E-state index in [-0.39, 0.29) is 0 Å². The van der Waals surface area contributed by atoms with Crippen LogP contribution in [-0.4, -0.2) is 29.8 Å². The molecule has 0 bridgehead atoms. The van der Waals surface area contributed by atoms with Gasteiger partial charge >= 0.3 is 0 Å². The highest BCUT2D eigenvalue weighted by molar-refractivity contribution is 5.47. The van der Waals surface area contributed by atoms with E-state index in [2.05, 4.69) is 48.3 Å². The summed E-state index contributed by atoms with van der Waals surface area (Å²) in [5, 5.41) is 13.6. The monoisotopic (exact) mass is 276 g/mol. The van der Waals surface area contributed by atoms with E-state index in [4.69, 9.17) is 0 Å². The van der Waals surface area contributed by atoms with Crippen molar-refractivity contribution in [2.24, 2.45) is 0 Å². The first-order valence-electron chi connectivity index (χ1n) is 7.76. The van der Waals surface area contributed by atoms with Gasteiger partial charge in [-0.2, -0.15) is 0 Å². The van der Waals surface area contributed by atoms with Gasteiger partial charge in [-0.25, -0.2) is 0 Å². The highest BCUT2D eigenvalue weighted by Crippen LogP contribution is 2.25. The van der Waals surface area contributed by atoms with E-state index in [0.717, 1.165) is 38.9 Å². The maximum Gasteiger partial charge on any atom is 0.0637 e. The largest absolute Gasteiger partial charge is 0.390 e. The molecule has 3 nitrogen and oxygen atoms in total. The van der Waals surface area contributed by atoms with Crippen molar-refractivity contribution in [2.45, 2.75) is 58.2 Å². The number of nitrogens with zero attached hydrogens (tertiary/aromatic N) is 1. The van der Waals surface area contributed by atoms with Gasteiger partial charge in [0.1, 0.15) is 0 Å². The Balaban J connectivity index is 1.95. The number of nitrogens with one attached hydrogen (secondary N) is 1. The molecule has 1 aromatic carbocycles. The van der Waals surface area contributed by atoms with Gasteiger partial charge in [0.05, 0.1) is 5.60 Å². The predicted molar refractivity (Wildman–Crippen MR) is 85.1 cm³/mol. The number of hydrogen-bond donors (Lipinski definition) is 2. The summed E-state index contributed by atoms with van der Waals surface area (Å²) in [6.07, 6.45) is 2.81. The topological polar surface area (TPSA) is 35.5 Å². The van der Waals surface area contributed by atoms with Crippen LogP contribution in [0.25, 0.3) is 0 Å². The van der Waals surface area contributed by atoms with Gasteiger partial charge in [0.25, 0.3) is 0 Å². The molecule has 1 aliphatic rings. The molecule has 0 radical (unpaired) electrons. The molecule has 0 amide bonds. The second kappa shape index (κ2) is 6.59. The predicted octanol–water partition coefficient (Wildman–Crippen LogP) is 2.93. The van der Waals surface area contributed by atoms with E-state index in [1.807, 2.05) is 6.92 Å². The van der Waals surface area contributed by atoms with E-state index in [1.54, 1.807) is 0 Å². The lowest BCUT2D eigenvalue weighted by molar-refractivity contribution is 0.0481. The fraction of sp³-hybridized carbons (Fsp3) is 0.647. The molecule has 1 unspecified atom stereocenters. The Morgan fingerprint density at radius 1 is 1.20 bits per heavy atom. The molecule has 0 spiro atoms. The molecule has 2 N–H and O–H groups in total. The van der Waals surface area contributed by atoms with Gasteiger partial charge in [0.15, 0.2) is 0 Å². The van der Waals surface area contributed by atoms with Crippen LogP contribution in [0.1, 0.15) is 45.6 Å². The van der Waals surface area contributed by atoms with Gasteiger partial charge in [0.2, 0.25) is 0 Å². The van der Waals surface area contributed by atoms with Gasteiger partial charge in [-0.15, -0.1) is 0 Å². The lowest BCUT2D eigenvalue weighted by atomic mass is 9.98. The molecule has 3 heteroatoms. The molecule has 112 valence electrons. The molecule has 2 rings (SSSR count). The molecule has 1 aromatic rings. The molecule has 1 atom stereocenters. The first-order valence-corrected chi connectivity index (χ1v) is 7.76. The maximum absolute atomic E-state index is 10.2. The van der Waals surface area contributed by atoms with E-state index < -0.39 is 5.60 Å². The van der Waals surface area contributed by atoms with Crippen molar-refractivity contribution in [3.8, 4) is 0 Å². The third-order valence-corrected chi connectivity index (χ3v) is 4.08. The van der Waals surface area contributed by atoms with Crippen molar-refractivity contribution in [1.29, 1.82) is 0 Å². The Morgan fingerprint density at radius 3 is 2.55 bits per heavy atom. The van der Waals surface area contributed by atoms with Crippen LogP contribution in [0.2, 0.25) is 0 Å². The summed E-state index contributed by atoms with van der Waals surface area (Å²) >= 11 is 0. The van der Waals surface area contributed by atoms with Crippen molar-refractivity contribution in [2.75, 3.05) is 18.0 Å². The molecular weight excluding hydrogens is 248 g/mol. The molecule has 20 heavy (non-hydrogen) atoms. The zero-order valence-electron chi connectivity index (χ0n) is 13.0. The molecule has 1 fully saturated rings. The van der Waals surface area contributed by atoms with Crippen LogP contribution in [0.5, 0.6) is 0 Å². The number of rotatable bonds is 4. The Bertz CT molecular complexity index is 412. The fourth-order valence-corrected chi connectivity index (χ4v) is 2.67. The summed E-state index contributed by atoms with van der Waals surface area (Å²) in [6, 6.07) is 9.33. The molecular formula is C17H28N2O. The van der Waals surface area contributed by atoms with E-state index in [1.165, 1.54) is 11.3 Å². The molecule has 1 aliphatic heterocycles. The number of aliphatic hydroxyl groups is 1. The Labute approximate surface area is 123 Å². The quantitative estimate of drug-likeness (QED) is 0.887. The van der Waals surface area contributed by atoms with Crippen molar-refractivity contribution in [3.05, 3.63) is 29.8 Å². The van der Waals surface area contributed by atoms with Crippen LogP contribution in [0.15, 0.2) is 24.3 Å². The summed E-state index contributed by atoms with van der Waals surface area (Å²) in [6.45, 7) is 9.19.